The zero-order chi connectivity index (χ0) is 10.3. The predicted molar refractivity (Wildman–Crippen MR) is 55.7 cm³/mol. The van der Waals surface area contributed by atoms with Gasteiger partial charge >= 0.3 is 0 Å². The number of hydrogen-bond acceptors (Lipinski definition) is 2. The van der Waals surface area contributed by atoms with Crippen LogP contribution < -0.4 is 0 Å². The summed E-state index contributed by atoms with van der Waals surface area (Å²) in [6.45, 7) is 1.53. The standard InChI is InChI=1S/C10H9ClN2O/c1-6(14)8-3-7(11)4-9-10(8)13(2)5-12-9/h3-5H,1-2H3. The van der Waals surface area contributed by atoms with Gasteiger partial charge in [-0.1, -0.05) is 11.6 Å². The van der Waals surface area contributed by atoms with E-state index in [2.05, 4.69) is 4.98 Å². The first-order valence-electron chi connectivity index (χ1n) is 4.21. The topological polar surface area (TPSA) is 34.9 Å². The number of imidazole rings is 1. The van der Waals surface area contributed by atoms with E-state index in [4.69, 9.17) is 11.6 Å². The molecule has 0 fully saturated rings. The zero-order valence-electron chi connectivity index (χ0n) is 7.91. The number of ketones is 1. The van der Waals surface area contributed by atoms with Crippen LogP contribution in [0.1, 0.15) is 17.3 Å². The van der Waals surface area contributed by atoms with Gasteiger partial charge in [0.2, 0.25) is 0 Å². The minimum Gasteiger partial charge on any atom is -0.333 e. The number of aryl methyl sites for hydroxylation is 1. The lowest BCUT2D eigenvalue weighted by Crippen LogP contribution is -1.97. The van der Waals surface area contributed by atoms with Crippen LogP contribution in [0, 0.1) is 0 Å². The fraction of sp³-hybridized carbons (Fsp3) is 0.200. The molecule has 0 aliphatic carbocycles. The summed E-state index contributed by atoms with van der Waals surface area (Å²) in [5, 5.41) is 0.543. The number of halogens is 1. The molecule has 0 bridgehead atoms. The van der Waals surface area contributed by atoms with Crippen LogP contribution in [-0.4, -0.2) is 15.3 Å². The number of carbonyl (C=O) groups excluding carboxylic acids is 1. The summed E-state index contributed by atoms with van der Waals surface area (Å²) in [7, 11) is 1.86. The van der Waals surface area contributed by atoms with Crippen molar-refractivity contribution in [2.24, 2.45) is 7.05 Å². The molecule has 0 N–H and O–H groups in total. The Morgan fingerprint density at radius 3 is 2.86 bits per heavy atom. The molecule has 0 unspecified atom stereocenters. The molecule has 0 radical (unpaired) electrons. The van der Waals surface area contributed by atoms with Gasteiger partial charge in [0, 0.05) is 17.6 Å². The molecule has 14 heavy (non-hydrogen) atoms. The summed E-state index contributed by atoms with van der Waals surface area (Å²) in [6, 6.07) is 3.43. The van der Waals surface area contributed by atoms with Gasteiger partial charge in [-0.3, -0.25) is 4.79 Å². The first-order chi connectivity index (χ1) is 6.59. The van der Waals surface area contributed by atoms with E-state index in [0.29, 0.717) is 10.6 Å². The molecule has 0 saturated carbocycles. The first kappa shape index (κ1) is 9.21. The molecular weight excluding hydrogens is 200 g/mol. The van der Waals surface area contributed by atoms with Crippen molar-refractivity contribution >= 4 is 28.4 Å². The van der Waals surface area contributed by atoms with Crippen molar-refractivity contribution in [2.45, 2.75) is 6.92 Å². The number of hydrogen-bond donors (Lipinski definition) is 0. The van der Waals surface area contributed by atoms with Crippen molar-refractivity contribution in [2.75, 3.05) is 0 Å². The summed E-state index contributed by atoms with van der Waals surface area (Å²) in [6.07, 6.45) is 1.67. The Labute approximate surface area is 86.3 Å². The van der Waals surface area contributed by atoms with Gasteiger partial charge in [-0.15, -0.1) is 0 Å². The molecule has 1 heterocycles. The van der Waals surface area contributed by atoms with Crippen molar-refractivity contribution in [1.29, 1.82) is 0 Å². The Morgan fingerprint density at radius 1 is 1.50 bits per heavy atom. The second-order valence-corrected chi connectivity index (χ2v) is 3.67. The molecule has 3 nitrogen and oxygen atoms in total. The highest BCUT2D eigenvalue weighted by molar-refractivity contribution is 6.32. The molecule has 0 aliphatic rings. The van der Waals surface area contributed by atoms with Crippen LogP contribution in [0.25, 0.3) is 11.0 Å². The van der Waals surface area contributed by atoms with E-state index in [9.17, 15) is 4.79 Å². The van der Waals surface area contributed by atoms with Gasteiger partial charge in [-0.25, -0.2) is 4.98 Å². The first-order valence-corrected chi connectivity index (χ1v) is 4.59. The van der Waals surface area contributed by atoms with E-state index >= 15 is 0 Å². The second kappa shape index (κ2) is 3.10. The molecule has 1 aromatic carbocycles. The van der Waals surface area contributed by atoms with Gasteiger partial charge in [-0.05, 0) is 19.1 Å². The quantitative estimate of drug-likeness (QED) is 0.675. The Hall–Kier alpha value is -1.35. The van der Waals surface area contributed by atoms with E-state index in [1.807, 2.05) is 11.6 Å². The lowest BCUT2D eigenvalue weighted by atomic mass is 10.1. The Bertz CT molecular complexity index is 516. The maximum Gasteiger partial charge on any atom is 0.162 e. The number of Topliss-reactive ketones (excluding diaryl/α,β-unsaturated/α-hetero) is 1. The van der Waals surface area contributed by atoms with Crippen LogP contribution >= 0.6 is 11.6 Å². The van der Waals surface area contributed by atoms with Crippen molar-refractivity contribution in [3.63, 3.8) is 0 Å². The highest BCUT2D eigenvalue weighted by Crippen LogP contribution is 2.22. The second-order valence-electron chi connectivity index (χ2n) is 3.23. The number of fused-ring (bicyclic) bond motifs is 1. The van der Waals surface area contributed by atoms with Gasteiger partial charge in [0.15, 0.2) is 5.78 Å². The van der Waals surface area contributed by atoms with Gasteiger partial charge in [0.05, 0.1) is 17.4 Å². The number of aromatic nitrogens is 2. The van der Waals surface area contributed by atoms with Crippen LogP contribution in [-0.2, 0) is 7.05 Å². The molecule has 1 aromatic heterocycles. The van der Waals surface area contributed by atoms with Crippen LogP contribution in [0.3, 0.4) is 0 Å². The predicted octanol–water partition coefficient (Wildman–Crippen LogP) is 2.43. The summed E-state index contributed by atoms with van der Waals surface area (Å²) in [4.78, 5) is 15.5. The van der Waals surface area contributed by atoms with E-state index in [-0.39, 0.29) is 5.78 Å². The van der Waals surface area contributed by atoms with Crippen molar-refractivity contribution < 1.29 is 4.79 Å². The van der Waals surface area contributed by atoms with E-state index in [1.165, 1.54) is 6.92 Å². The van der Waals surface area contributed by atoms with E-state index < -0.39 is 0 Å². The van der Waals surface area contributed by atoms with Crippen LogP contribution in [0.5, 0.6) is 0 Å². The zero-order valence-corrected chi connectivity index (χ0v) is 8.67. The maximum atomic E-state index is 11.4. The fourth-order valence-corrected chi connectivity index (χ4v) is 1.74. The fourth-order valence-electron chi connectivity index (χ4n) is 1.53. The summed E-state index contributed by atoms with van der Waals surface area (Å²) >= 11 is 5.88. The minimum atomic E-state index is 0.00102. The van der Waals surface area contributed by atoms with Crippen molar-refractivity contribution in [3.8, 4) is 0 Å². The highest BCUT2D eigenvalue weighted by atomic mass is 35.5. The monoisotopic (exact) mass is 208 g/mol. The SMILES string of the molecule is CC(=O)c1cc(Cl)cc2ncn(C)c12. The van der Waals surface area contributed by atoms with Crippen LogP contribution in [0.15, 0.2) is 18.5 Å². The average molecular weight is 209 g/mol. The van der Waals surface area contributed by atoms with Gasteiger partial charge < -0.3 is 4.57 Å². The molecule has 2 rings (SSSR count). The van der Waals surface area contributed by atoms with Crippen molar-refractivity contribution in [3.05, 3.63) is 29.0 Å². The third kappa shape index (κ3) is 1.30. The summed E-state index contributed by atoms with van der Waals surface area (Å²) in [5.74, 6) is 0.00102. The Kier molecular flexibility index (Phi) is 2.04. The number of nitrogens with zero attached hydrogens (tertiary/aromatic N) is 2. The van der Waals surface area contributed by atoms with Crippen molar-refractivity contribution in [1.82, 2.24) is 9.55 Å². The molecule has 4 heteroatoms. The summed E-state index contributed by atoms with van der Waals surface area (Å²) < 4.78 is 1.82. The number of rotatable bonds is 1. The maximum absolute atomic E-state index is 11.4. The van der Waals surface area contributed by atoms with E-state index in [1.54, 1.807) is 18.5 Å². The van der Waals surface area contributed by atoms with Gasteiger partial charge in [-0.2, -0.15) is 0 Å². The molecular formula is C10H9ClN2O. The van der Waals surface area contributed by atoms with Gasteiger partial charge in [0.1, 0.15) is 0 Å². The molecule has 0 atom stereocenters. The normalized spacial score (nSPS) is 10.8. The lowest BCUT2D eigenvalue weighted by molar-refractivity contribution is 0.101. The van der Waals surface area contributed by atoms with Crippen LogP contribution in [0.2, 0.25) is 5.02 Å². The highest BCUT2D eigenvalue weighted by Gasteiger charge is 2.10. The smallest absolute Gasteiger partial charge is 0.162 e. The molecule has 0 aliphatic heterocycles. The van der Waals surface area contributed by atoms with Gasteiger partial charge in [0.25, 0.3) is 0 Å². The molecule has 72 valence electrons. The third-order valence-corrected chi connectivity index (χ3v) is 2.37. The summed E-state index contributed by atoms with van der Waals surface area (Å²) in [5.41, 5.74) is 2.21. The minimum absolute atomic E-state index is 0.00102. The number of benzene rings is 1. The number of carbonyl (C=O) groups is 1. The molecule has 2 aromatic rings. The molecule has 0 amide bonds. The van der Waals surface area contributed by atoms with Crippen LogP contribution in [0.4, 0.5) is 0 Å². The lowest BCUT2D eigenvalue weighted by Gasteiger charge is -2.01. The molecule has 0 spiro atoms. The molecule has 0 saturated heterocycles. The average Bonchev–Trinajstić information content (AvgIpc) is 2.46. The van der Waals surface area contributed by atoms with E-state index in [0.717, 1.165) is 11.0 Å². The Balaban J connectivity index is 2.90. The largest absolute Gasteiger partial charge is 0.333 e. The Morgan fingerprint density at radius 2 is 2.21 bits per heavy atom. The third-order valence-electron chi connectivity index (χ3n) is 2.16.